The lowest BCUT2D eigenvalue weighted by Crippen LogP contribution is -2.38. The molecule has 1 N–H and O–H groups in total. The summed E-state index contributed by atoms with van der Waals surface area (Å²) in [5.41, 5.74) is 1.54. The summed E-state index contributed by atoms with van der Waals surface area (Å²) >= 11 is 11.9. The standard InChI is InChI=1S/C18H19Cl2NO2/c1-3-14(11-23-15-6-4-5-12(2)9-15)21-18(22)16-8-7-13(19)10-17(16)20/h4-10,14H,3,11H2,1-2H3,(H,21,22). The van der Waals surface area contributed by atoms with Gasteiger partial charge >= 0.3 is 0 Å². The van der Waals surface area contributed by atoms with E-state index in [0.29, 0.717) is 22.2 Å². The van der Waals surface area contributed by atoms with Crippen LogP contribution in [0.15, 0.2) is 42.5 Å². The maximum atomic E-state index is 12.3. The number of hydrogen-bond donors (Lipinski definition) is 1. The van der Waals surface area contributed by atoms with Crippen LogP contribution in [0.2, 0.25) is 10.0 Å². The van der Waals surface area contributed by atoms with Gasteiger partial charge in [0.1, 0.15) is 12.4 Å². The van der Waals surface area contributed by atoms with Gasteiger partial charge < -0.3 is 10.1 Å². The van der Waals surface area contributed by atoms with E-state index in [-0.39, 0.29) is 11.9 Å². The fourth-order valence-electron chi connectivity index (χ4n) is 2.10. The molecule has 0 radical (unpaired) electrons. The quantitative estimate of drug-likeness (QED) is 0.804. The van der Waals surface area contributed by atoms with E-state index in [0.717, 1.165) is 17.7 Å². The average Bonchev–Trinajstić information content (AvgIpc) is 2.51. The molecule has 5 heteroatoms. The highest BCUT2D eigenvalue weighted by Crippen LogP contribution is 2.21. The molecule has 0 aromatic heterocycles. The van der Waals surface area contributed by atoms with Crippen LogP contribution in [0.25, 0.3) is 0 Å². The summed E-state index contributed by atoms with van der Waals surface area (Å²) in [7, 11) is 0. The summed E-state index contributed by atoms with van der Waals surface area (Å²) in [6.07, 6.45) is 0.753. The molecule has 0 fully saturated rings. The Labute approximate surface area is 146 Å². The molecule has 0 bridgehead atoms. The van der Waals surface area contributed by atoms with Gasteiger partial charge in [-0.3, -0.25) is 4.79 Å². The first-order valence-corrected chi connectivity index (χ1v) is 8.20. The van der Waals surface area contributed by atoms with Crippen LogP contribution in [-0.4, -0.2) is 18.6 Å². The van der Waals surface area contributed by atoms with Gasteiger partial charge in [0.25, 0.3) is 5.91 Å². The summed E-state index contributed by atoms with van der Waals surface area (Å²) in [6.45, 7) is 4.40. The van der Waals surface area contributed by atoms with Crippen molar-refractivity contribution in [1.29, 1.82) is 0 Å². The molecule has 3 nitrogen and oxygen atoms in total. The third-order valence-corrected chi connectivity index (χ3v) is 3.99. The van der Waals surface area contributed by atoms with E-state index in [1.165, 1.54) is 0 Å². The first-order chi connectivity index (χ1) is 11.0. The minimum Gasteiger partial charge on any atom is -0.491 e. The van der Waals surface area contributed by atoms with Crippen molar-refractivity contribution < 1.29 is 9.53 Å². The maximum Gasteiger partial charge on any atom is 0.253 e. The SMILES string of the molecule is CCC(COc1cccc(C)c1)NC(=O)c1ccc(Cl)cc1Cl. The molecule has 1 unspecified atom stereocenters. The van der Waals surface area contributed by atoms with Crippen molar-refractivity contribution >= 4 is 29.1 Å². The predicted octanol–water partition coefficient (Wildman–Crippen LogP) is 4.89. The largest absolute Gasteiger partial charge is 0.491 e. The Hall–Kier alpha value is -1.71. The zero-order valence-electron chi connectivity index (χ0n) is 13.1. The van der Waals surface area contributed by atoms with Crippen molar-refractivity contribution in [3.8, 4) is 5.75 Å². The van der Waals surface area contributed by atoms with Crippen molar-refractivity contribution in [3.05, 3.63) is 63.6 Å². The molecular weight excluding hydrogens is 333 g/mol. The third-order valence-electron chi connectivity index (χ3n) is 3.44. The summed E-state index contributed by atoms with van der Waals surface area (Å²) in [5, 5.41) is 3.78. The lowest BCUT2D eigenvalue weighted by molar-refractivity contribution is 0.0920. The highest BCUT2D eigenvalue weighted by atomic mass is 35.5. The van der Waals surface area contributed by atoms with Crippen LogP contribution in [0, 0.1) is 6.92 Å². The molecule has 1 amide bonds. The lowest BCUT2D eigenvalue weighted by atomic mass is 10.1. The molecule has 23 heavy (non-hydrogen) atoms. The maximum absolute atomic E-state index is 12.3. The van der Waals surface area contributed by atoms with Gasteiger partial charge in [0, 0.05) is 5.02 Å². The summed E-state index contributed by atoms with van der Waals surface area (Å²) in [4.78, 5) is 12.3. The number of nitrogens with one attached hydrogen (secondary N) is 1. The number of hydrogen-bond acceptors (Lipinski definition) is 2. The Balaban J connectivity index is 1.97. The second kappa shape index (κ2) is 8.23. The van der Waals surface area contributed by atoms with Crippen LogP contribution >= 0.6 is 23.2 Å². The first-order valence-electron chi connectivity index (χ1n) is 7.45. The summed E-state index contributed by atoms with van der Waals surface area (Å²) in [5.74, 6) is 0.564. The molecule has 0 saturated carbocycles. The summed E-state index contributed by atoms with van der Waals surface area (Å²) < 4.78 is 5.76. The van der Waals surface area contributed by atoms with Crippen LogP contribution in [0.1, 0.15) is 29.3 Å². The van der Waals surface area contributed by atoms with E-state index in [2.05, 4.69) is 5.32 Å². The summed E-state index contributed by atoms with van der Waals surface area (Å²) in [6, 6.07) is 12.5. The second-order valence-corrected chi connectivity index (χ2v) is 6.17. The predicted molar refractivity (Wildman–Crippen MR) is 94.7 cm³/mol. The monoisotopic (exact) mass is 351 g/mol. The van der Waals surface area contributed by atoms with Gasteiger partial charge in [-0.1, -0.05) is 42.3 Å². The Morgan fingerprint density at radius 2 is 2.00 bits per heavy atom. The van der Waals surface area contributed by atoms with Crippen molar-refractivity contribution in [2.45, 2.75) is 26.3 Å². The highest BCUT2D eigenvalue weighted by molar-refractivity contribution is 6.36. The van der Waals surface area contributed by atoms with Crippen LogP contribution in [-0.2, 0) is 0 Å². The molecule has 0 saturated heterocycles. The number of carbonyl (C=O) groups excluding carboxylic acids is 1. The zero-order valence-corrected chi connectivity index (χ0v) is 14.6. The van der Waals surface area contributed by atoms with Gasteiger partial charge in [0.2, 0.25) is 0 Å². The zero-order chi connectivity index (χ0) is 16.8. The minimum absolute atomic E-state index is 0.102. The Bertz CT molecular complexity index is 688. The Morgan fingerprint density at radius 3 is 2.65 bits per heavy atom. The van der Waals surface area contributed by atoms with Crippen molar-refractivity contribution in [1.82, 2.24) is 5.32 Å². The number of rotatable bonds is 6. The topological polar surface area (TPSA) is 38.3 Å². The molecule has 2 rings (SSSR count). The molecule has 1 atom stereocenters. The molecule has 0 spiro atoms. The van der Waals surface area contributed by atoms with E-state index >= 15 is 0 Å². The van der Waals surface area contributed by atoms with Gasteiger partial charge in [-0.15, -0.1) is 0 Å². The number of halogens is 2. The minimum atomic E-state index is -0.230. The molecule has 2 aromatic carbocycles. The second-order valence-electron chi connectivity index (χ2n) is 5.33. The van der Waals surface area contributed by atoms with Crippen molar-refractivity contribution in [2.75, 3.05) is 6.61 Å². The van der Waals surface area contributed by atoms with Crippen LogP contribution in [0.4, 0.5) is 0 Å². The van der Waals surface area contributed by atoms with E-state index in [1.54, 1.807) is 18.2 Å². The number of benzene rings is 2. The normalized spacial score (nSPS) is 11.8. The molecule has 0 aliphatic rings. The van der Waals surface area contributed by atoms with E-state index in [4.69, 9.17) is 27.9 Å². The average molecular weight is 352 g/mol. The number of aryl methyl sites for hydroxylation is 1. The number of ether oxygens (including phenoxy) is 1. The van der Waals surface area contributed by atoms with Gasteiger partial charge in [0.15, 0.2) is 0 Å². The smallest absolute Gasteiger partial charge is 0.253 e. The molecule has 2 aromatic rings. The highest BCUT2D eigenvalue weighted by Gasteiger charge is 2.15. The van der Waals surface area contributed by atoms with E-state index in [1.807, 2.05) is 38.1 Å². The van der Waals surface area contributed by atoms with Gasteiger partial charge in [0.05, 0.1) is 16.6 Å². The molecule has 122 valence electrons. The van der Waals surface area contributed by atoms with Crippen LogP contribution < -0.4 is 10.1 Å². The number of amides is 1. The molecular formula is C18H19Cl2NO2. The van der Waals surface area contributed by atoms with Gasteiger partial charge in [-0.25, -0.2) is 0 Å². The third kappa shape index (κ3) is 5.15. The Kier molecular flexibility index (Phi) is 6.31. The molecule has 0 aliphatic carbocycles. The Morgan fingerprint density at radius 1 is 1.22 bits per heavy atom. The molecule has 0 aliphatic heterocycles. The fraction of sp³-hybridized carbons (Fsp3) is 0.278. The van der Waals surface area contributed by atoms with Crippen LogP contribution in [0.3, 0.4) is 0 Å². The van der Waals surface area contributed by atoms with Crippen LogP contribution in [0.5, 0.6) is 5.75 Å². The first kappa shape index (κ1) is 17.6. The van der Waals surface area contributed by atoms with E-state index < -0.39 is 0 Å². The van der Waals surface area contributed by atoms with E-state index in [9.17, 15) is 4.79 Å². The van der Waals surface area contributed by atoms with Gasteiger partial charge in [-0.2, -0.15) is 0 Å². The molecule has 0 heterocycles. The van der Waals surface area contributed by atoms with Crippen molar-refractivity contribution in [3.63, 3.8) is 0 Å². The number of carbonyl (C=O) groups is 1. The lowest BCUT2D eigenvalue weighted by Gasteiger charge is -2.18. The van der Waals surface area contributed by atoms with Gasteiger partial charge in [-0.05, 0) is 49.2 Å². The van der Waals surface area contributed by atoms with Crippen molar-refractivity contribution in [2.24, 2.45) is 0 Å². The fourth-order valence-corrected chi connectivity index (χ4v) is 2.59.